The Balaban J connectivity index is 1.48. The van der Waals surface area contributed by atoms with Crippen LogP contribution in [0.5, 0.6) is 5.88 Å². The van der Waals surface area contributed by atoms with Gasteiger partial charge in [-0.1, -0.05) is 12.1 Å². The molecule has 0 aliphatic carbocycles. The number of imidazole rings is 1. The lowest BCUT2D eigenvalue weighted by atomic mass is 10.0. The number of methoxy groups -OCH3 is 1. The number of aryl methyl sites for hydroxylation is 1. The van der Waals surface area contributed by atoms with E-state index in [1.165, 1.54) is 19.2 Å². The Morgan fingerprint density at radius 3 is 2.55 bits per heavy atom. The Labute approximate surface area is 187 Å². The molecular weight excluding hydrogens is 435 g/mol. The first-order valence-electron chi connectivity index (χ1n) is 10.2. The van der Waals surface area contributed by atoms with Crippen molar-refractivity contribution in [2.45, 2.75) is 25.7 Å². The van der Waals surface area contributed by atoms with E-state index in [2.05, 4.69) is 25.4 Å². The molecule has 0 saturated carbocycles. The molecule has 1 aromatic carbocycles. The third-order valence-corrected chi connectivity index (χ3v) is 5.45. The van der Waals surface area contributed by atoms with Gasteiger partial charge in [-0.05, 0) is 36.8 Å². The Kier molecular flexibility index (Phi) is 5.12. The molecule has 0 saturated heterocycles. The summed E-state index contributed by atoms with van der Waals surface area (Å²) < 4.78 is 47.8. The monoisotopic (exact) mass is 455 g/mol. The van der Waals surface area contributed by atoms with E-state index in [0.29, 0.717) is 41.9 Å². The molecule has 33 heavy (non-hydrogen) atoms. The Morgan fingerprint density at radius 2 is 1.88 bits per heavy atom. The smallest absolute Gasteiger partial charge is 0.416 e. The van der Waals surface area contributed by atoms with Gasteiger partial charge in [-0.3, -0.25) is 0 Å². The van der Waals surface area contributed by atoms with Gasteiger partial charge in [0.2, 0.25) is 5.88 Å². The molecule has 4 aromatic rings. The van der Waals surface area contributed by atoms with E-state index in [4.69, 9.17) is 4.74 Å². The molecule has 0 bridgehead atoms. The van der Waals surface area contributed by atoms with Crippen molar-refractivity contribution in [2.75, 3.05) is 13.7 Å². The second-order valence-electron chi connectivity index (χ2n) is 7.67. The van der Waals surface area contributed by atoms with Gasteiger partial charge in [0, 0.05) is 12.7 Å². The lowest BCUT2D eigenvalue weighted by Crippen LogP contribution is -2.34. The molecule has 1 N–H and O–H groups in total. The predicted molar refractivity (Wildman–Crippen MR) is 113 cm³/mol. The van der Waals surface area contributed by atoms with Gasteiger partial charge in [0.15, 0.2) is 5.82 Å². The van der Waals surface area contributed by atoms with Crippen molar-refractivity contribution in [2.24, 2.45) is 0 Å². The minimum absolute atomic E-state index is 0.377. The average molecular weight is 455 g/mol. The van der Waals surface area contributed by atoms with E-state index < -0.39 is 11.7 Å². The molecule has 170 valence electrons. The fourth-order valence-electron chi connectivity index (χ4n) is 3.84. The van der Waals surface area contributed by atoms with Crippen LogP contribution in [-0.2, 0) is 12.7 Å². The summed E-state index contributed by atoms with van der Waals surface area (Å²) in [5, 5.41) is 7.89. The van der Waals surface area contributed by atoms with Crippen LogP contribution in [0.1, 0.15) is 28.7 Å². The Bertz CT molecular complexity index is 1290. The number of hydrogen-bond donors (Lipinski definition) is 1. The van der Waals surface area contributed by atoms with Gasteiger partial charge in [-0.15, -0.1) is 5.10 Å². The summed E-state index contributed by atoms with van der Waals surface area (Å²) in [5.41, 5.74) is 2.12. The van der Waals surface area contributed by atoms with Crippen molar-refractivity contribution < 1.29 is 17.9 Å². The van der Waals surface area contributed by atoms with Crippen LogP contribution in [0, 0.1) is 6.92 Å². The topological polar surface area (TPSA) is 82.7 Å². The van der Waals surface area contributed by atoms with Gasteiger partial charge in [0.1, 0.15) is 17.2 Å². The maximum atomic E-state index is 12.9. The minimum atomic E-state index is -4.38. The maximum absolute atomic E-state index is 12.9. The van der Waals surface area contributed by atoms with Gasteiger partial charge in [-0.2, -0.15) is 13.2 Å². The normalized spacial score (nSPS) is 16.0. The molecule has 0 fully saturated rings. The minimum Gasteiger partial charge on any atom is -0.479 e. The molecular formula is C22H20F3N7O. The summed E-state index contributed by atoms with van der Waals surface area (Å²) in [7, 11) is 1.54. The van der Waals surface area contributed by atoms with Gasteiger partial charge in [-0.25, -0.2) is 19.6 Å². The van der Waals surface area contributed by atoms with Gasteiger partial charge in [0.05, 0.1) is 37.3 Å². The highest BCUT2D eigenvalue weighted by Crippen LogP contribution is 2.32. The first kappa shape index (κ1) is 21.1. The molecule has 5 rings (SSSR count). The van der Waals surface area contributed by atoms with Crippen LogP contribution in [0.25, 0.3) is 17.2 Å². The van der Waals surface area contributed by atoms with Crippen molar-refractivity contribution >= 4 is 0 Å². The molecule has 1 atom stereocenters. The number of rotatable bonds is 4. The fourth-order valence-corrected chi connectivity index (χ4v) is 3.84. The number of hydrogen-bond acceptors (Lipinski definition) is 6. The largest absolute Gasteiger partial charge is 0.479 e. The Hall–Kier alpha value is -3.73. The van der Waals surface area contributed by atoms with E-state index in [9.17, 15) is 13.2 Å². The number of fused-ring (bicyclic) bond motifs is 1. The highest BCUT2D eigenvalue weighted by atomic mass is 19.4. The SMILES string of the molecule is COc1nc(-c2nc3n(n2)CCN[C@@H]3c2ccc(C(F)(F)F)cc2)ccc1-n1cnc(C)c1. The zero-order valence-corrected chi connectivity index (χ0v) is 17.8. The molecule has 1 aliphatic heterocycles. The van der Waals surface area contributed by atoms with Crippen molar-refractivity contribution in [3.05, 3.63) is 71.6 Å². The first-order chi connectivity index (χ1) is 15.8. The molecule has 11 heteroatoms. The van der Waals surface area contributed by atoms with Crippen LogP contribution in [0.2, 0.25) is 0 Å². The second-order valence-corrected chi connectivity index (χ2v) is 7.67. The lowest BCUT2D eigenvalue weighted by Gasteiger charge is -2.24. The van der Waals surface area contributed by atoms with Crippen LogP contribution >= 0.6 is 0 Å². The molecule has 0 unspecified atom stereocenters. The van der Waals surface area contributed by atoms with E-state index in [1.54, 1.807) is 17.1 Å². The fraction of sp³-hybridized carbons (Fsp3) is 0.273. The van der Waals surface area contributed by atoms with Crippen LogP contribution in [-0.4, -0.2) is 43.0 Å². The number of nitrogens with one attached hydrogen (secondary N) is 1. The number of aromatic nitrogens is 6. The van der Waals surface area contributed by atoms with Crippen LogP contribution < -0.4 is 10.1 Å². The number of alkyl halides is 3. The van der Waals surface area contributed by atoms with Gasteiger partial charge in [0.25, 0.3) is 0 Å². The van der Waals surface area contributed by atoms with Crippen LogP contribution in [0.15, 0.2) is 48.9 Å². The molecule has 1 aliphatic rings. The number of nitrogens with zero attached hydrogens (tertiary/aromatic N) is 6. The molecule has 0 radical (unpaired) electrons. The quantitative estimate of drug-likeness (QED) is 0.507. The third-order valence-electron chi connectivity index (χ3n) is 5.45. The lowest BCUT2D eigenvalue weighted by molar-refractivity contribution is -0.137. The summed E-state index contributed by atoms with van der Waals surface area (Å²) in [6.07, 6.45) is -0.826. The van der Waals surface area contributed by atoms with E-state index >= 15 is 0 Å². The summed E-state index contributed by atoms with van der Waals surface area (Å²) >= 11 is 0. The van der Waals surface area contributed by atoms with Gasteiger partial charge >= 0.3 is 6.18 Å². The summed E-state index contributed by atoms with van der Waals surface area (Å²) in [6, 6.07) is 8.37. The first-order valence-corrected chi connectivity index (χ1v) is 10.2. The summed E-state index contributed by atoms with van der Waals surface area (Å²) in [5.74, 6) is 1.43. The molecule has 4 heterocycles. The third kappa shape index (κ3) is 3.95. The summed E-state index contributed by atoms with van der Waals surface area (Å²) in [4.78, 5) is 13.5. The molecule has 8 nitrogen and oxygen atoms in total. The van der Waals surface area contributed by atoms with E-state index in [-0.39, 0.29) is 6.04 Å². The van der Waals surface area contributed by atoms with Crippen molar-refractivity contribution in [3.8, 4) is 23.1 Å². The predicted octanol–water partition coefficient (Wildman–Crippen LogP) is 3.55. The molecule has 0 spiro atoms. The number of ether oxygens (including phenoxy) is 1. The highest BCUT2D eigenvalue weighted by molar-refractivity contribution is 5.55. The van der Waals surface area contributed by atoms with E-state index in [1.807, 2.05) is 23.8 Å². The standard InChI is InChI=1S/C22H20F3N7O/c1-13-11-31(12-27-13)17-8-7-16(28-21(17)33-2)19-29-20-18(26-9-10-32(20)30-19)14-3-5-15(6-4-14)22(23,24)25/h3-8,11-12,18,26H,9-10H2,1-2H3/t18-/m1/s1. The summed E-state index contributed by atoms with van der Waals surface area (Å²) in [6.45, 7) is 3.09. The second kappa shape index (κ2) is 8.00. The average Bonchev–Trinajstić information content (AvgIpc) is 3.44. The maximum Gasteiger partial charge on any atom is 0.416 e. The molecule has 0 amide bonds. The number of benzene rings is 1. The van der Waals surface area contributed by atoms with Crippen LogP contribution in [0.3, 0.4) is 0 Å². The van der Waals surface area contributed by atoms with Crippen molar-refractivity contribution in [1.29, 1.82) is 0 Å². The van der Waals surface area contributed by atoms with E-state index in [0.717, 1.165) is 23.5 Å². The van der Waals surface area contributed by atoms with Crippen molar-refractivity contribution in [3.63, 3.8) is 0 Å². The number of pyridine rings is 1. The highest BCUT2D eigenvalue weighted by Gasteiger charge is 2.31. The Morgan fingerprint density at radius 1 is 1.09 bits per heavy atom. The zero-order chi connectivity index (χ0) is 23.2. The zero-order valence-electron chi connectivity index (χ0n) is 17.8. The van der Waals surface area contributed by atoms with Crippen LogP contribution in [0.4, 0.5) is 13.2 Å². The molecule has 3 aromatic heterocycles. The van der Waals surface area contributed by atoms with Crippen molar-refractivity contribution in [1.82, 2.24) is 34.6 Å². The number of halogens is 3. The van der Waals surface area contributed by atoms with Gasteiger partial charge < -0.3 is 14.6 Å².